The molecule has 0 heterocycles. The third kappa shape index (κ3) is 3.43. The van der Waals surface area contributed by atoms with Crippen molar-refractivity contribution in [1.29, 1.82) is 0 Å². The lowest BCUT2D eigenvalue weighted by Crippen LogP contribution is -1.95. The summed E-state index contributed by atoms with van der Waals surface area (Å²) in [7, 11) is 1.87. The lowest BCUT2D eigenvalue weighted by atomic mass is 10.3. The van der Waals surface area contributed by atoms with Gasteiger partial charge in [0.15, 0.2) is 4.90 Å². The highest BCUT2D eigenvalue weighted by Gasteiger charge is 2.14. The van der Waals surface area contributed by atoms with Gasteiger partial charge in [-0.2, -0.15) is 0 Å². The molecule has 0 aliphatic heterocycles. The highest BCUT2D eigenvalue weighted by atomic mass is 33.1. The number of methoxy groups -OCH3 is 1. The zero-order valence-electron chi connectivity index (χ0n) is 9.33. The van der Waals surface area contributed by atoms with E-state index >= 15 is 0 Å². The van der Waals surface area contributed by atoms with Gasteiger partial charge in [-0.05, 0) is 36.4 Å². The first-order valence-corrected chi connectivity index (χ1v) is 7.57. The third-order valence-corrected chi connectivity index (χ3v) is 5.05. The summed E-state index contributed by atoms with van der Waals surface area (Å²) in [5.74, 6) is 0.774. The Morgan fingerprint density at radius 2 is 1.65 bits per heavy atom. The van der Waals surface area contributed by atoms with Crippen molar-refractivity contribution in [2.45, 2.75) is 9.79 Å². The predicted molar refractivity (Wildman–Crippen MR) is 71.7 cm³/mol. The summed E-state index contributed by atoms with van der Waals surface area (Å²) >= 11 is 0. The van der Waals surface area contributed by atoms with Crippen LogP contribution in [0.1, 0.15) is 0 Å². The molecular formula is C13H12O2S2. The average molecular weight is 264 g/mol. The molecule has 2 aromatic rings. The second-order valence-electron chi connectivity index (χ2n) is 3.31. The molecule has 0 saturated carbocycles. The molecule has 0 saturated heterocycles. The Labute approximate surface area is 108 Å². The van der Waals surface area contributed by atoms with E-state index in [0.29, 0.717) is 0 Å². The molecule has 0 aliphatic carbocycles. The molecule has 0 N–H and O–H groups in total. The van der Waals surface area contributed by atoms with Gasteiger partial charge in [0.2, 0.25) is 0 Å². The molecule has 2 nitrogen and oxygen atoms in total. The maximum Gasteiger partial charge on any atom is 0.166 e. The topological polar surface area (TPSA) is 32.3 Å². The van der Waals surface area contributed by atoms with Gasteiger partial charge in [0.25, 0.3) is 0 Å². The van der Waals surface area contributed by atoms with E-state index in [2.05, 4.69) is 0 Å². The van der Waals surface area contributed by atoms with Crippen LogP contribution in [-0.2, 0) is 10.2 Å². The Balaban J connectivity index is 2.06. The Morgan fingerprint density at radius 1 is 1.00 bits per heavy atom. The first-order chi connectivity index (χ1) is 8.29. The summed E-state index contributed by atoms with van der Waals surface area (Å²) in [6, 6.07) is 17.0. The number of rotatable bonds is 4. The predicted octanol–water partition coefficient (Wildman–Crippen LogP) is 3.51. The number of hydrogen-bond acceptors (Lipinski definition) is 3. The summed E-state index contributed by atoms with van der Waals surface area (Å²) in [5.41, 5.74) is 0. The zero-order valence-corrected chi connectivity index (χ0v) is 11.0. The molecule has 0 bridgehead atoms. The van der Waals surface area contributed by atoms with Crippen molar-refractivity contribution in [3.8, 4) is 5.75 Å². The summed E-state index contributed by atoms with van der Waals surface area (Å²) < 4.78 is 17.1. The number of hydrogen-bond donors (Lipinski definition) is 0. The molecule has 0 fully saturated rings. The first-order valence-electron chi connectivity index (χ1n) is 5.09. The van der Waals surface area contributed by atoms with Crippen LogP contribution in [0.15, 0.2) is 64.4 Å². The van der Waals surface area contributed by atoms with E-state index < -0.39 is 10.2 Å². The third-order valence-electron chi connectivity index (χ3n) is 2.17. The van der Waals surface area contributed by atoms with Crippen molar-refractivity contribution in [2.75, 3.05) is 7.11 Å². The monoisotopic (exact) mass is 264 g/mol. The Morgan fingerprint density at radius 3 is 2.24 bits per heavy atom. The van der Waals surface area contributed by atoms with Crippen LogP contribution in [0.2, 0.25) is 0 Å². The van der Waals surface area contributed by atoms with Crippen LogP contribution in [0.4, 0.5) is 0 Å². The Hall–Kier alpha value is -1.10. The van der Waals surface area contributed by atoms with E-state index in [4.69, 9.17) is 4.74 Å². The SMILES string of the molecule is COc1ccc([S+]([O-])Sc2ccccc2)cc1. The minimum Gasteiger partial charge on any atom is -0.600 e. The molecule has 88 valence electrons. The van der Waals surface area contributed by atoms with Crippen LogP contribution in [0.25, 0.3) is 0 Å². The quantitative estimate of drug-likeness (QED) is 0.625. The van der Waals surface area contributed by atoms with E-state index in [0.717, 1.165) is 15.5 Å². The van der Waals surface area contributed by atoms with E-state index in [1.807, 2.05) is 54.6 Å². The zero-order chi connectivity index (χ0) is 12.1. The van der Waals surface area contributed by atoms with Crippen molar-refractivity contribution in [2.24, 2.45) is 0 Å². The van der Waals surface area contributed by atoms with E-state index in [1.54, 1.807) is 7.11 Å². The molecule has 17 heavy (non-hydrogen) atoms. The Kier molecular flexibility index (Phi) is 4.36. The molecular weight excluding hydrogens is 252 g/mol. The highest BCUT2D eigenvalue weighted by Crippen LogP contribution is 2.31. The van der Waals surface area contributed by atoms with Crippen molar-refractivity contribution < 1.29 is 9.29 Å². The van der Waals surface area contributed by atoms with Gasteiger partial charge in [-0.3, -0.25) is 0 Å². The van der Waals surface area contributed by atoms with Gasteiger partial charge >= 0.3 is 0 Å². The molecule has 0 spiro atoms. The van der Waals surface area contributed by atoms with E-state index in [1.165, 1.54) is 10.8 Å². The number of ether oxygens (including phenoxy) is 1. The lowest BCUT2D eigenvalue weighted by Gasteiger charge is -2.08. The molecule has 0 aliphatic rings. The summed E-state index contributed by atoms with van der Waals surface area (Å²) in [6.45, 7) is 0. The molecule has 0 aromatic heterocycles. The lowest BCUT2D eigenvalue weighted by molar-refractivity contribution is 0.414. The standard InChI is InChI=1S/C13H12O2S2/c1-15-11-7-9-13(10-8-11)17(14)16-12-5-3-2-4-6-12/h2-10H,1H3. The summed E-state index contributed by atoms with van der Waals surface area (Å²) in [4.78, 5) is 1.79. The van der Waals surface area contributed by atoms with E-state index in [9.17, 15) is 4.55 Å². The summed E-state index contributed by atoms with van der Waals surface area (Å²) in [6.07, 6.45) is 0. The second kappa shape index (κ2) is 6.00. The summed E-state index contributed by atoms with van der Waals surface area (Å²) in [5, 5.41) is 0. The first kappa shape index (κ1) is 12.4. The van der Waals surface area contributed by atoms with Gasteiger partial charge in [0.1, 0.15) is 16.5 Å². The van der Waals surface area contributed by atoms with Crippen LogP contribution >= 0.6 is 10.8 Å². The molecule has 0 radical (unpaired) electrons. The molecule has 4 heteroatoms. The molecule has 2 aromatic carbocycles. The fourth-order valence-corrected chi connectivity index (χ4v) is 3.68. The fourth-order valence-electron chi connectivity index (χ4n) is 1.30. The Bertz CT molecular complexity index is 457. The largest absolute Gasteiger partial charge is 0.600 e. The van der Waals surface area contributed by atoms with Crippen LogP contribution in [0, 0.1) is 0 Å². The highest BCUT2D eigenvalue weighted by molar-refractivity contribution is 8.72. The molecule has 1 atom stereocenters. The minimum absolute atomic E-state index is 0.774. The van der Waals surface area contributed by atoms with Crippen LogP contribution in [-0.4, -0.2) is 11.7 Å². The maximum absolute atomic E-state index is 12.0. The van der Waals surface area contributed by atoms with E-state index in [-0.39, 0.29) is 0 Å². The van der Waals surface area contributed by atoms with Gasteiger partial charge in [0, 0.05) is 0 Å². The van der Waals surface area contributed by atoms with Crippen LogP contribution in [0.5, 0.6) is 5.75 Å². The van der Waals surface area contributed by atoms with Gasteiger partial charge < -0.3 is 9.29 Å². The molecule has 1 unspecified atom stereocenters. The van der Waals surface area contributed by atoms with Crippen LogP contribution < -0.4 is 4.74 Å². The van der Waals surface area contributed by atoms with Crippen molar-refractivity contribution >= 4 is 21.0 Å². The van der Waals surface area contributed by atoms with Crippen LogP contribution in [0.3, 0.4) is 0 Å². The maximum atomic E-state index is 12.0. The van der Waals surface area contributed by atoms with Crippen molar-refractivity contribution in [3.63, 3.8) is 0 Å². The number of benzene rings is 2. The molecule has 2 rings (SSSR count). The average Bonchev–Trinajstić information content (AvgIpc) is 2.40. The molecule has 0 amide bonds. The van der Waals surface area contributed by atoms with Crippen molar-refractivity contribution in [3.05, 3.63) is 54.6 Å². The fraction of sp³-hybridized carbons (Fsp3) is 0.0769. The smallest absolute Gasteiger partial charge is 0.166 e. The van der Waals surface area contributed by atoms with Gasteiger partial charge in [-0.15, -0.1) is 0 Å². The van der Waals surface area contributed by atoms with Gasteiger partial charge in [-0.25, -0.2) is 0 Å². The minimum atomic E-state index is -1.08. The van der Waals surface area contributed by atoms with Crippen molar-refractivity contribution in [1.82, 2.24) is 0 Å². The van der Waals surface area contributed by atoms with Gasteiger partial charge in [0.05, 0.1) is 22.2 Å². The second-order valence-corrected chi connectivity index (χ2v) is 6.29. The normalized spacial score (nSPS) is 12.1. The van der Waals surface area contributed by atoms with Gasteiger partial charge in [-0.1, -0.05) is 18.2 Å².